The summed E-state index contributed by atoms with van der Waals surface area (Å²) in [5.74, 6) is -0.568. The van der Waals surface area contributed by atoms with Gasteiger partial charge in [0.15, 0.2) is 0 Å². The number of amides is 2. The van der Waals surface area contributed by atoms with Gasteiger partial charge in [-0.3, -0.25) is 9.59 Å². The summed E-state index contributed by atoms with van der Waals surface area (Å²) >= 11 is 0. The number of benzene rings is 1. The molecule has 1 heterocycles. The molecule has 5 nitrogen and oxygen atoms in total. The predicted octanol–water partition coefficient (Wildman–Crippen LogP) is 0.862. The highest BCUT2D eigenvalue weighted by Gasteiger charge is 2.35. The molecule has 2 aliphatic rings. The first-order chi connectivity index (χ1) is 10.6. The van der Waals surface area contributed by atoms with Gasteiger partial charge in [0.2, 0.25) is 5.91 Å². The van der Waals surface area contributed by atoms with E-state index in [0.29, 0.717) is 18.7 Å². The molecule has 0 unspecified atom stereocenters. The van der Waals surface area contributed by atoms with Gasteiger partial charge in [0.25, 0.3) is 5.91 Å². The number of hydrogen-bond donors (Lipinski definition) is 1. The largest absolute Gasteiger partial charge is 0.339 e. The lowest BCUT2D eigenvalue weighted by Gasteiger charge is -2.30. The van der Waals surface area contributed by atoms with Crippen molar-refractivity contribution in [2.75, 3.05) is 32.7 Å². The number of carbonyl (C=O) groups is 2. The van der Waals surface area contributed by atoms with Crippen LogP contribution in [-0.4, -0.2) is 60.4 Å². The van der Waals surface area contributed by atoms with Crippen LogP contribution in [0.4, 0.5) is 4.39 Å². The van der Waals surface area contributed by atoms with E-state index in [4.69, 9.17) is 0 Å². The highest BCUT2D eigenvalue weighted by atomic mass is 19.1. The Hall–Kier alpha value is -1.95. The molecule has 1 saturated heterocycles. The molecule has 0 aromatic heterocycles. The van der Waals surface area contributed by atoms with Crippen molar-refractivity contribution in [3.63, 3.8) is 0 Å². The molecule has 2 fully saturated rings. The molecule has 3 rings (SSSR count). The van der Waals surface area contributed by atoms with E-state index in [1.807, 2.05) is 0 Å². The number of nitrogens with one attached hydrogen (secondary N) is 1. The summed E-state index contributed by atoms with van der Waals surface area (Å²) < 4.78 is 13.0. The lowest BCUT2D eigenvalue weighted by Crippen LogP contribution is -2.50. The molecule has 0 bridgehead atoms. The zero-order chi connectivity index (χ0) is 15.5. The maximum atomic E-state index is 13.0. The van der Waals surface area contributed by atoms with Gasteiger partial charge in [-0.15, -0.1) is 0 Å². The SMILES string of the molecule is O=C(CN(C(=O)c1ccc(F)cc1)C1CC1)N1CCNCC1. The zero-order valence-corrected chi connectivity index (χ0v) is 12.4. The number of hydrogen-bond acceptors (Lipinski definition) is 3. The van der Waals surface area contributed by atoms with Crippen LogP contribution in [0.5, 0.6) is 0 Å². The minimum Gasteiger partial charge on any atom is -0.339 e. The molecule has 0 spiro atoms. The lowest BCUT2D eigenvalue weighted by atomic mass is 10.2. The molecular formula is C16H20FN3O2. The van der Waals surface area contributed by atoms with Gasteiger partial charge < -0.3 is 15.1 Å². The van der Waals surface area contributed by atoms with E-state index >= 15 is 0 Å². The minimum atomic E-state index is -0.369. The van der Waals surface area contributed by atoms with Gasteiger partial charge in [-0.25, -0.2) is 4.39 Å². The number of nitrogens with zero attached hydrogens (tertiary/aromatic N) is 2. The van der Waals surface area contributed by atoms with Crippen LogP contribution in [0, 0.1) is 5.82 Å². The monoisotopic (exact) mass is 305 g/mol. The van der Waals surface area contributed by atoms with Crippen molar-refractivity contribution in [2.45, 2.75) is 18.9 Å². The van der Waals surface area contributed by atoms with E-state index in [2.05, 4.69) is 5.32 Å². The van der Waals surface area contributed by atoms with Crippen LogP contribution in [-0.2, 0) is 4.79 Å². The first-order valence-electron chi connectivity index (χ1n) is 7.70. The van der Waals surface area contributed by atoms with Crippen LogP contribution < -0.4 is 5.32 Å². The number of halogens is 1. The zero-order valence-electron chi connectivity index (χ0n) is 12.4. The molecule has 118 valence electrons. The summed E-state index contributed by atoms with van der Waals surface area (Å²) in [6, 6.07) is 5.64. The first kappa shape index (κ1) is 15.0. The fraction of sp³-hybridized carbons (Fsp3) is 0.500. The molecular weight excluding hydrogens is 285 g/mol. The van der Waals surface area contributed by atoms with Crippen molar-refractivity contribution in [1.82, 2.24) is 15.1 Å². The van der Waals surface area contributed by atoms with Crippen molar-refractivity contribution in [3.8, 4) is 0 Å². The second kappa shape index (κ2) is 6.44. The average Bonchev–Trinajstić information content (AvgIpc) is 3.38. The molecule has 0 radical (unpaired) electrons. The highest BCUT2D eigenvalue weighted by molar-refractivity contribution is 5.97. The Labute approximate surface area is 129 Å². The standard InChI is InChI=1S/C16H20FN3O2/c17-13-3-1-12(2-4-13)16(22)20(14-5-6-14)11-15(21)19-9-7-18-8-10-19/h1-4,14,18H,5-11H2. The Bertz CT molecular complexity index is 551. The minimum absolute atomic E-state index is 0.0103. The topological polar surface area (TPSA) is 52.7 Å². The quantitative estimate of drug-likeness (QED) is 0.898. The second-order valence-electron chi connectivity index (χ2n) is 5.80. The number of piperazine rings is 1. The van der Waals surface area contributed by atoms with Crippen LogP contribution in [0.1, 0.15) is 23.2 Å². The Morgan fingerprint density at radius 3 is 2.41 bits per heavy atom. The van der Waals surface area contributed by atoms with E-state index in [0.717, 1.165) is 25.9 Å². The maximum absolute atomic E-state index is 13.0. The summed E-state index contributed by atoms with van der Waals surface area (Å²) in [6.45, 7) is 3.06. The van der Waals surface area contributed by atoms with E-state index < -0.39 is 0 Å². The molecule has 1 saturated carbocycles. The van der Waals surface area contributed by atoms with Gasteiger partial charge >= 0.3 is 0 Å². The number of carbonyl (C=O) groups excluding carboxylic acids is 2. The van der Waals surface area contributed by atoms with Gasteiger partial charge in [0, 0.05) is 37.8 Å². The molecule has 1 N–H and O–H groups in total. The van der Waals surface area contributed by atoms with Gasteiger partial charge in [-0.05, 0) is 37.1 Å². The van der Waals surface area contributed by atoms with Crippen LogP contribution in [0.25, 0.3) is 0 Å². The van der Waals surface area contributed by atoms with E-state index in [1.54, 1.807) is 9.80 Å². The smallest absolute Gasteiger partial charge is 0.254 e. The van der Waals surface area contributed by atoms with Gasteiger partial charge in [-0.2, -0.15) is 0 Å². The molecule has 1 aliphatic carbocycles. The fourth-order valence-electron chi connectivity index (χ4n) is 2.67. The fourth-order valence-corrected chi connectivity index (χ4v) is 2.67. The normalized spacial score (nSPS) is 18.1. The molecule has 6 heteroatoms. The Morgan fingerprint density at radius 1 is 1.18 bits per heavy atom. The third-order valence-electron chi connectivity index (χ3n) is 4.11. The maximum Gasteiger partial charge on any atom is 0.254 e. The summed E-state index contributed by atoms with van der Waals surface area (Å²) in [5.41, 5.74) is 0.432. The van der Waals surface area contributed by atoms with Crippen LogP contribution in [0.3, 0.4) is 0 Å². The van der Waals surface area contributed by atoms with E-state index in [9.17, 15) is 14.0 Å². The van der Waals surface area contributed by atoms with Crippen molar-refractivity contribution in [3.05, 3.63) is 35.6 Å². The van der Waals surface area contributed by atoms with Crippen molar-refractivity contribution >= 4 is 11.8 Å². The Kier molecular flexibility index (Phi) is 4.38. The molecule has 2 amide bonds. The first-order valence-corrected chi connectivity index (χ1v) is 7.70. The average molecular weight is 305 g/mol. The third-order valence-corrected chi connectivity index (χ3v) is 4.11. The summed E-state index contributed by atoms with van der Waals surface area (Å²) in [4.78, 5) is 28.4. The summed E-state index contributed by atoms with van der Waals surface area (Å²) in [7, 11) is 0. The van der Waals surface area contributed by atoms with Crippen molar-refractivity contribution in [1.29, 1.82) is 0 Å². The van der Waals surface area contributed by atoms with Crippen LogP contribution >= 0.6 is 0 Å². The lowest BCUT2D eigenvalue weighted by molar-refractivity contribution is -0.132. The van der Waals surface area contributed by atoms with Crippen molar-refractivity contribution < 1.29 is 14.0 Å². The predicted molar refractivity (Wildman–Crippen MR) is 79.9 cm³/mol. The molecule has 22 heavy (non-hydrogen) atoms. The molecule has 0 atom stereocenters. The second-order valence-corrected chi connectivity index (χ2v) is 5.80. The van der Waals surface area contributed by atoms with Crippen molar-refractivity contribution in [2.24, 2.45) is 0 Å². The number of rotatable bonds is 4. The van der Waals surface area contributed by atoms with E-state index in [-0.39, 0.29) is 30.2 Å². The highest BCUT2D eigenvalue weighted by Crippen LogP contribution is 2.28. The summed E-state index contributed by atoms with van der Waals surface area (Å²) in [6.07, 6.45) is 1.86. The van der Waals surface area contributed by atoms with Crippen LogP contribution in [0.15, 0.2) is 24.3 Å². The van der Waals surface area contributed by atoms with Gasteiger partial charge in [0.05, 0.1) is 0 Å². The van der Waals surface area contributed by atoms with Crippen LogP contribution in [0.2, 0.25) is 0 Å². The molecule has 1 aliphatic heterocycles. The summed E-state index contributed by atoms with van der Waals surface area (Å²) in [5, 5.41) is 3.20. The third kappa shape index (κ3) is 3.44. The van der Waals surface area contributed by atoms with Gasteiger partial charge in [-0.1, -0.05) is 0 Å². The van der Waals surface area contributed by atoms with E-state index in [1.165, 1.54) is 24.3 Å². The molecule has 1 aromatic carbocycles. The molecule has 1 aromatic rings. The Balaban J connectivity index is 1.68. The Morgan fingerprint density at radius 2 is 1.82 bits per heavy atom. The van der Waals surface area contributed by atoms with Gasteiger partial charge in [0.1, 0.15) is 12.4 Å².